The van der Waals surface area contributed by atoms with E-state index in [2.05, 4.69) is 32.6 Å². The van der Waals surface area contributed by atoms with Crippen molar-refractivity contribution in [1.82, 2.24) is 4.90 Å². The maximum absolute atomic E-state index is 2.76. The van der Waals surface area contributed by atoms with Gasteiger partial charge in [0.2, 0.25) is 0 Å². The van der Waals surface area contributed by atoms with Crippen molar-refractivity contribution >= 4 is 0 Å². The van der Waals surface area contributed by atoms with Gasteiger partial charge in [-0.25, -0.2) is 0 Å². The van der Waals surface area contributed by atoms with Crippen LogP contribution < -0.4 is 0 Å². The van der Waals surface area contributed by atoms with E-state index in [0.29, 0.717) is 0 Å². The lowest BCUT2D eigenvalue weighted by atomic mass is 10.0. The Hall–Kier alpha value is -0.0400. The highest BCUT2D eigenvalue weighted by molar-refractivity contribution is 4.71. The predicted molar refractivity (Wildman–Crippen MR) is 75.0 cm³/mol. The number of rotatable bonds is 11. The molecular weight excluding hydrogens is 194 g/mol. The van der Waals surface area contributed by atoms with Crippen LogP contribution in [-0.2, 0) is 0 Å². The zero-order valence-corrected chi connectivity index (χ0v) is 12.1. The minimum Gasteiger partial charge on any atom is -0.300 e. The van der Waals surface area contributed by atoms with Gasteiger partial charge >= 0.3 is 0 Å². The molecule has 0 aromatic heterocycles. The first-order valence-corrected chi connectivity index (χ1v) is 7.54. The first kappa shape index (κ1) is 16.0. The lowest BCUT2D eigenvalue weighted by molar-refractivity contribution is 0.170. The molecule has 0 spiro atoms. The van der Waals surface area contributed by atoms with Gasteiger partial charge in [0.15, 0.2) is 0 Å². The Morgan fingerprint density at radius 3 is 1.44 bits per heavy atom. The molecule has 0 rings (SSSR count). The number of nitrogens with zero attached hydrogens (tertiary/aromatic N) is 1. The average Bonchev–Trinajstić information content (AvgIpc) is 2.29. The van der Waals surface area contributed by atoms with Crippen molar-refractivity contribution in [2.24, 2.45) is 0 Å². The summed E-state index contributed by atoms with van der Waals surface area (Å²) in [5.74, 6) is 0. The predicted octanol–water partition coefficient (Wildman–Crippen LogP) is 4.86. The van der Waals surface area contributed by atoms with Gasteiger partial charge < -0.3 is 4.90 Å². The van der Waals surface area contributed by atoms with Crippen molar-refractivity contribution in [3.63, 3.8) is 0 Å². The molecule has 0 saturated carbocycles. The molecule has 0 bridgehead atoms. The van der Waals surface area contributed by atoms with Gasteiger partial charge in [0.05, 0.1) is 0 Å². The lowest BCUT2D eigenvalue weighted by Crippen LogP contribution is -2.36. The summed E-state index contributed by atoms with van der Waals surface area (Å²) in [6, 6.07) is 0.855. The van der Waals surface area contributed by atoms with Crippen molar-refractivity contribution in [3.8, 4) is 0 Å². The number of hydrogen-bond acceptors (Lipinski definition) is 1. The fourth-order valence-electron chi connectivity index (χ4n) is 2.38. The van der Waals surface area contributed by atoms with Crippen molar-refractivity contribution in [2.75, 3.05) is 13.1 Å². The summed E-state index contributed by atoms with van der Waals surface area (Å²) in [4.78, 5) is 2.76. The zero-order valence-electron chi connectivity index (χ0n) is 12.1. The maximum Gasteiger partial charge on any atom is 0.00950 e. The average molecular weight is 227 g/mol. The third kappa shape index (κ3) is 7.27. The van der Waals surface area contributed by atoms with Gasteiger partial charge in [-0.1, -0.05) is 53.4 Å². The first-order valence-electron chi connectivity index (χ1n) is 7.54. The topological polar surface area (TPSA) is 3.24 Å². The molecule has 98 valence electrons. The van der Waals surface area contributed by atoms with Crippen LogP contribution in [0.25, 0.3) is 0 Å². The lowest BCUT2D eigenvalue weighted by Gasteiger charge is -2.31. The number of hydrogen-bond donors (Lipinski definition) is 0. The van der Waals surface area contributed by atoms with E-state index in [1.165, 1.54) is 64.5 Å². The Balaban J connectivity index is 4.15. The Bertz CT molecular complexity index is 119. The van der Waals surface area contributed by atoms with E-state index in [1.807, 2.05) is 0 Å². The van der Waals surface area contributed by atoms with Crippen LogP contribution in [0.1, 0.15) is 79.1 Å². The molecule has 0 heterocycles. The Kier molecular flexibility index (Phi) is 11.4. The second kappa shape index (κ2) is 11.4. The van der Waals surface area contributed by atoms with Gasteiger partial charge in [-0.2, -0.15) is 0 Å². The summed E-state index contributed by atoms with van der Waals surface area (Å²) in [7, 11) is 0. The Morgan fingerprint density at radius 1 is 0.688 bits per heavy atom. The summed E-state index contributed by atoms with van der Waals surface area (Å²) in [5, 5.41) is 0. The highest BCUT2D eigenvalue weighted by Crippen LogP contribution is 2.15. The molecule has 0 unspecified atom stereocenters. The maximum atomic E-state index is 2.76. The van der Waals surface area contributed by atoms with E-state index in [1.54, 1.807) is 0 Å². The fourth-order valence-corrected chi connectivity index (χ4v) is 2.38. The minimum absolute atomic E-state index is 0.855. The quantitative estimate of drug-likeness (QED) is 0.487. The molecule has 0 amide bonds. The Labute approximate surface area is 104 Å². The first-order chi connectivity index (χ1) is 7.79. The molecule has 0 aromatic carbocycles. The van der Waals surface area contributed by atoms with E-state index in [4.69, 9.17) is 0 Å². The molecular formula is C15H33N. The van der Waals surface area contributed by atoms with Crippen LogP contribution in [0.3, 0.4) is 0 Å². The van der Waals surface area contributed by atoms with E-state index >= 15 is 0 Å². The standard InChI is InChI=1S/C15H33N/c1-5-9-13-16(14-10-6-2)15(11-7-3)12-8-4/h15H,5-14H2,1-4H3. The van der Waals surface area contributed by atoms with Crippen LogP contribution in [0.4, 0.5) is 0 Å². The summed E-state index contributed by atoms with van der Waals surface area (Å²) in [6.45, 7) is 11.9. The van der Waals surface area contributed by atoms with Crippen molar-refractivity contribution < 1.29 is 0 Å². The molecule has 1 nitrogen and oxygen atoms in total. The van der Waals surface area contributed by atoms with Crippen LogP contribution >= 0.6 is 0 Å². The SMILES string of the molecule is CCCCN(CCCC)C(CCC)CCC. The van der Waals surface area contributed by atoms with Crippen molar-refractivity contribution in [1.29, 1.82) is 0 Å². The number of unbranched alkanes of at least 4 members (excludes halogenated alkanes) is 2. The largest absolute Gasteiger partial charge is 0.300 e. The molecule has 0 N–H and O–H groups in total. The third-order valence-corrected chi connectivity index (χ3v) is 3.36. The van der Waals surface area contributed by atoms with Crippen LogP contribution in [0, 0.1) is 0 Å². The summed E-state index contributed by atoms with van der Waals surface area (Å²) in [6.07, 6.45) is 10.8. The van der Waals surface area contributed by atoms with Gasteiger partial charge in [-0.05, 0) is 38.8 Å². The molecule has 0 saturated heterocycles. The van der Waals surface area contributed by atoms with Gasteiger partial charge in [-0.3, -0.25) is 0 Å². The molecule has 0 atom stereocenters. The minimum atomic E-state index is 0.855. The van der Waals surface area contributed by atoms with Crippen LogP contribution in [-0.4, -0.2) is 24.0 Å². The summed E-state index contributed by atoms with van der Waals surface area (Å²) >= 11 is 0. The molecule has 0 aliphatic heterocycles. The second-order valence-corrected chi connectivity index (χ2v) is 4.97. The highest BCUT2D eigenvalue weighted by Gasteiger charge is 2.15. The fraction of sp³-hybridized carbons (Fsp3) is 1.00. The van der Waals surface area contributed by atoms with Crippen molar-refractivity contribution in [3.05, 3.63) is 0 Å². The van der Waals surface area contributed by atoms with Crippen LogP contribution in [0.5, 0.6) is 0 Å². The van der Waals surface area contributed by atoms with Gasteiger partial charge in [0.1, 0.15) is 0 Å². The Morgan fingerprint density at radius 2 is 1.12 bits per heavy atom. The van der Waals surface area contributed by atoms with Crippen LogP contribution in [0.2, 0.25) is 0 Å². The van der Waals surface area contributed by atoms with Gasteiger partial charge in [0.25, 0.3) is 0 Å². The normalized spacial score (nSPS) is 11.6. The van der Waals surface area contributed by atoms with E-state index < -0.39 is 0 Å². The van der Waals surface area contributed by atoms with E-state index in [-0.39, 0.29) is 0 Å². The molecule has 16 heavy (non-hydrogen) atoms. The van der Waals surface area contributed by atoms with Gasteiger partial charge in [-0.15, -0.1) is 0 Å². The summed E-state index contributed by atoms with van der Waals surface area (Å²) in [5.41, 5.74) is 0. The smallest absolute Gasteiger partial charge is 0.00950 e. The molecule has 0 fully saturated rings. The van der Waals surface area contributed by atoms with E-state index in [9.17, 15) is 0 Å². The summed E-state index contributed by atoms with van der Waals surface area (Å²) < 4.78 is 0. The zero-order chi connectivity index (χ0) is 12.2. The highest BCUT2D eigenvalue weighted by atomic mass is 15.1. The molecule has 1 heteroatoms. The van der Waals surface area contributed by atoms with E-state index in [0.717, 1.165) is 6.04 Å². The molecule has 0 aliphatic rings. The molecule has 0 aromatic rings. The monoisotopic (exact) mass is 227 g/mol. The second-order valence-electron chi connectivity index (χ2n) is 4.97. The van der Waals surface area contributed by atoms with Crippen molar-refractivity contribution in [2.45, 2.75) is 85.1 Å². The van der Waals surface area contributed by atoms with Crippen LogP contribution in [0.15, 0.2) is 0 Å². The molecule has 0 radical (unpaired) electrons. The third-order valence-electron chi connectivity index (χ3n) is 3.36. The van der Waals surface area contributed by atoms with Gasteiger partial charge in [0, 0.05) is 6.04 Å². The molecule has 0 aliphatic carbocycles.